The van der Waals surface area contributed by atoms with E-state index in [2.05, 4.69) is 193 Å². The maximum Gasteiger partial charge on any atom is 0.137 e. The zero-order chi connectivity index (χ0) is 33.3. The van der Waals surface area contributed by atoms with Crippen LogP contribution < -0.4 is 4.90 Å². The second kappa shape index (κ2) is 12.8. The van der Waals surface area contributed by atoms with Crippen LogP contribution in [0.1, 0.15) is 0 Å². The fraction of sp³-hybridized carbons (Fsp3) is 0. The first-order chi connectivity index (χ1) is 24.8. The van der Waals surface area contributed by atoms with E-state index in [0.29, 0.717) is 0 Å². The normalized spacial score (nSPS) is 11.2. The Bertz CT molecular complexity index is 2570. The molecular formula is C48H33NO. The molecule has 0 aliphatic heterocycles. The quantitative estimate of drug-likeness (QED) is 0.173. The van der Waals surface area contributed by atoms with Crippen molar-refractivity contribution in [2.75, 3.05) is 4.90 Å². The van der Waals surface area contributed by atoms with Gasteiger partial charge in [-0.05, 0) is 87.0 Å². The molecule has 1 heterocycles. The second-order valence-electron chi connectivity index (χ2n) is 12.6. The summed E-state index contributed by atoms with van der Waals surface area (Å²) >= 11 is 0. The van der Waals surface area contributed by atoms with E-state index >= 15 is 0 Å². The minimum absolute atomic E-state index is 0.870. The van der Waals surface area contributed by atoms with Gasteiger partial charge in [0.1, 0.15) is 11.2 Å². The minimum Gasteiger partial charge on any atom is -0.456 e. The van der Waals surface area contributed by atoms with Crippen molar-refractivity contribution < 1.29 is 4.42 Å². The molecule has 0 amide bonds. The molecule has 0 spiro atoms. The number of hydrogen-bond acceptors (Lipinski definition) is 2. The Morgan fingerprint density at radius 3 is 1.46 bits per heavy atom. The maximum absolute atomic E-state index is 6.36. The van der Waals surface area contributed by atoms with E-state index in [1.54, 1.807) is 0 Å². The lowest BCUT2D eigenvalue weighted by Gasteiger charge is -2.26. The van der Waals surface area contributed by atoms with Crippen molar-refractivity contribution in [1.29, 1.82) is 0 Å². The molecule has 0 bridgehead atoms. The summed E-state index contributed by atoms with van der Waals surface area (Å²) in [5.74, 6) is 0. The Labute approximate surface area is 292 Å². The van der Waals surface area contributed by atoms with E-state index in [1.807, 2.05) is 12.1 Å². The SMILES string of the molecule is c1ccc(-c2ccc(-c3ccc(N(c4cccc(-c5ccccc5-c5ccccc5)c4)c4ccc5c(c4)oc4ccccc45)cc3)cc2)cc1. The van der Waals surface area contributed by atoms with E-state index in [-0.39, 0.29) is 0 Å². The third kappa shape index (κ3) is 5.53. The van der Waals surface area contributed by atoms with Crippen LogP contribution in [-0.2, 0) is 0 Å². The number of benzene rings is 8. The first-order valence-corrected chi connectivity index (χ1v) is 17.0. The van der Waals surface area contributed by atoms with Gasteiger partial charge >= 0.3 is 0 Å². The standard InChI is InChI=1S/C48H33NO/c1-3-12-34(13-4-1)35-22-24-36(25-23-35)37-26-28-40(29-27-37)49(42-30-31-46-45-20-9-10-21-47(45)50-48(46)33-42)41-17-11-16-39(32-41)44-19-8-7-18-43(44)38-14-5-2-6-15-38/h1-33H. The van der Waals surface area contributed by atoms with Crippen molar-refractivity contribution in [2.45, 2.75) is 0 Å². The minimum atomic E-state index is 0.870. The molecule has 0 atom stereocenters. The number of furan rings is 1. The Hall–Kier alpha value is -6.64. The predicted octanol–water partition coefficient (Wildman–Crippen LogP) is 13.7. The number of para-hydroxylation sites is 1. The van der Waals surface area contributed by atoms with Gasteiger partial charge in [-0.25, -0.2) is 0 Å². The lowest BCUT2D eigenvalue weighted by molar-refractivity contribution is 0.669. The van der Waals surface area contributed by atoms with Crippen LogP contribution in [0.3, 0.4) is 0 Å². The monoisotopic (exact) mass is 639 g/mol. The van der Waals surface area contributed by atoms with Crippen LogP contribution in [0.2, 0.25) is 0 Å². The van der Waals surface area contributed by atoms with Crippen LogP contribution in [0.4, 0.5) is 17.1 Å². The molecule has 0 unspecified atom stereocenters. The summed E-state index contributed by atoms with van der Waals surface area (Å²) in [6, 6.07) is 71.1. The number of fused-ring (bicyclic) bond motifs is 3. The molecule has 0 radical (unpaired) electrons. The first kappa shape index (κ1) is 29.5. The number of nitrogens with zero attached hydrogens (tertiary/aromatic N) is 1. The summed E-state index contributed by atoms with van der Waals surface area (Å²) in [5.41, 5.74) is 14.5. The molecule has 0 fully saturated rings. The van der Waals surface area contributed by atoms with Crippen LogP contribution in [0.15, 0.2) is 205 Å². The molecule has 50 heavy (non-hydrogen) atoms. The van der Waals surface area contributed by atoms with Gasteiger partial charge in [-0.15, -0.1) is 0 Å². The van der Waals surface area contributed by atoms with Crippen LogP contribution in [0.25, 0.3) is 66.4 Å². The van der Waals surface area contributed by atoms with Gasteiger partial charge in [0.2, 0.25) is 0 Å². The van der Waals surface area contributed by atoms with Gasteiger partial charge in [-0.3, -0.25) is 0 Å². The summed E-state index contributed by atoms with van der Waals surface area (Å²) in [6.45, 7) is 0. The molecule has 236 valence electrons. The average Bonchev–Trinajstić information content (AvgIpc) is 3.57. The van der Waals surface area contributed by atoms with Gasteiger partial charge in [-0.1, -0.05) is 152 Å². The molecule has 9 aromatic rings. The molecular weight excluding hydrogens is 607 g/mol. The lowest BCUT2D eigenvalue weighted by Crippen LogP contribution is -2.10. The molecule has 0 saturated carbocycles. The average molecular weight is 640 g/mol. The van der Waals surface area contributed by atoms with E-state index < -0.39 is 0 Å². The highest BCUT2D eigenvalue weighted by Gasteiger charge is 2.17. The fourth-order valence-electron chi connectivity index (χ4n) is 7.01. The maximum atomic E-state index is 6.36. The zero-order valence-electron chi connectivity index (χ0n) is 27.4. The van der Waals surface area contributed by atoms with E-state index in [1.165, 1.54) is 38.9 Å². The Kier molecular flexibility index (Phi) is 7.53. The zero-order valence-corrected chi connectivity index (χ0v) is 27.4. The summed E-state index contributed by atoms with van der Waals surface area (Å²) in [6.07, 6.45) is 0. The molecule has 0 saturated heterocycles. The van der Waals surface area contributed by atoms with Crippen molar-refractivity contribution in [2.24, 2.45) is 0 Å². The molecule has 2 nitrogen and oxygen atoms in total. The van der Waals surface area contributed by atoms with Crippen molar-refractivity contribution in [3.63, 3.8) is 0 Å². The van der Waals surface area contributed by atoms with E-state index in [9.17, 15) is 0 Å². The van der Waals surface area contributed by atoms with Crippen LogP contribution in [-0.4, -0.2) is 0 Å². The van der Waals surface area contributed by atoms with Crippen LogP contribution in [0.5, 0.6) is 0 Å². The van der Waals surface area contributed by atoms with Gasteiger partial charge in [0.05, 0.1) is 0 Å². The van der Waals surface area contributed by atoms with E-state index in [4.69, 9.17) is 4.42 Å². The topological polar surface area (TPSA) is 16.4 Å². The number of anilines is 3. The smallest absolute Gasteiger partial charge is 0.137 e. The summed E-state index contributed by atoms with van der Waals surface area (Å²) < 4.78 is 6.36. The van der Waals surface area contributed by atoms with Crippen molar-refractivity contribution >= 4 is 39.0 Å². The predicted molar refractivity (Wildman–Crippen MR) is 210 cm³/mol. The van der Waals surface area contributed by atoms with Crippen molar-refractivity contribution in [3.8, 4) is 44.5 Å². The molecule has 0 aliphatic rings. The highest BCUT2D eigenvalue weighted by Crippen LogP contribution is 2.41. The number of rotatable bonds is 7. The Morgan fingerprint density at radius 1 is 0.280 bits per heavy atom. The summed E-state index contributed by atoms with van der Waals surface area (Å²) in [7, 11) is 0. The summed E-state index contributed by atoms with van der Waals surface area (Å²) in [5, 5.41) is 2.24. The highest BCUT2D eigenvalue weighted by atomic mass is 16.3. The second-order valence-corrected chi connectivity index (χ2v) is 12.6. The molecule has 0 aliphatic carbocycles. The van der Waals surface area contributed by atoms with Crippen LogP contribution >= 0.6 is 0 Å². The number of hydrogen-bond donors (Lipinski definition) is 0. The van der Waals surface area contributed by atoms with Gasteiger partial charge in [-0.2, -0.15) is 0 Å². The third-order valence-corrected chi connectivity index (χ3v) is 9.50. The lowest BCUT2D eigenvalue weighted by atomic mass is 9.94. The third-order valence-electron chi connectivity index (χ3n) is 9.50. The molecule has 8 aromatic carbocycles. The summed E-state index contributed by atoms with van der Waals surface area (Å²) in [4.78, 5) is 2.32. The highest BCUT2D eigenvalue weighted by molar-refractivity contribution is 6.06. The molecule has 0 N–H and O–H groups in total. The Morgan fingerprint density at radius 2 is 0.760 bits per heavy atom. The first-order valence-electron chi connectivity index (χ1n) is 17.0. The van der Waals surface area contributed by atoms with Gasteiger partial charge in [0.25, 0.3) is 0 Å². The largest absolute Gasteiger partial charge is 0.456 e. The van der Waals surface area contributed by atoms with Crippen molar-refractivity contribution in [3.05, 3.63) is 200 Å². The molecule has 2 heteroatoms. The van der Waals surface area contributed by atoms with Gasteiger partial charge < -0.3 is 9.32 Å². The van der Waals surface area contributed by atoms with Crippen LogP contribution in [0, 0.1) is 0 Å². The van der Waals surface area contributed by atoms with E-state index in [0.717, 1.165) is 44.6 Å². The fourth-order valence-corrected chi connectivity index (χ4v) is 7.01. The Balaban J connectivity index is 1.14. The van der Waals surface area contributed by atoms with Gasteiger partial charge in [0, 0.05) is 33.9 Å². The molecule has 9 rings (SSSR count). The van der Waals surface area contributed by atoms with Crippen molar-refractivity contribution in [1.82, 2.24) is 0 Å². The van der Waals surface area contributed by atoms with Gasteiger partial charge in [0.15, 0.2) is 0 Å². The molecule has 1 aromatic heterocycles.